The zero-order valence-corrected chi connectivity index (χ0v) is 12.9. The molecule has 0 spiro atoms. The molecule has 1 heterocycles. The quantitative estimate of drug-likeness (QED) is 0.422. The Morgan fingerprint density at radius 1 is 1.17 bits per heavy atom. The fourth-order valence-corrected chi connectivity index (χ4v) is 0.524. The van der Waals surface area contributed by atoms with Crippen LogP contribution in [0.3, 0.4) is 0 Å². The summed E-state index contributed by atoms with van der Waals surface area (Å²) in [5.74, 6) is 0. The molecule has 3 nitrogen and oxygen atoms in total. The molecule has 0 aromatic heterocycles. The van der Waals surface area contributed by atoms with Gasteiger partial charge in [0.15, 0.2) is 5.57 Å². The third kappa shape index (κ3) is 3.00. The third-order valence-corrected chi connectivity index (χ3v) is 1.32. The zero-order chi connectivity index (χ0) is 7.99. The number of hydrogen-bond donors (Lipinski definition) is 0. The van der Waals surface area contributed by atoms with Gasteiger partial charge in [0, 0.05) is 0 Å². The molecule has 0 aromatic carbocycles. The van der Waals surface area contributed by atoms with Crippen molar-refractivity contribution in [3.8, 4) is 0 Å². The van der Waals surface area contributed by atoms with E-state index in [1.807, 2.05) is 0 Å². The average Bonchev–Trinajstić information content (AvgIpc) is 1.83. The van der Waals surface area contributed by atoms with Gasteiger partial charge >= 0.3 is 109 Å². The van der Waals surface area contributed by atoms with Crippen molar-refractivity contribution in [3.05, 3.63) is 0 Å². The van der Waals surface area contributed by atoms with E-state index < -0.39 is 25.4 Å². The van der Waals surface area contributed by atoms with Gasteiger partial charge in [-0.3, -0.25) is 0 Å². The van der Waals surface area contributed by atoms with Crippen LogP contribution in [0.5, 0.6) is 0 Å². The summed E-state index contributed by atoms with van der Waals surface area (Å²) >= 11 is 0. The Balaban J connectivity index is 0. The minimum atomic E-state index is -4.19. The summed E-state index contributed by atoms with van der Waals surface area (Å²) in [7, 11) is -3.20. The maximum absolute atomic E-state index is 12.3. The van der Waals surface area contributed by atoms with Crippen LogP contribution in [0.15, 0.2) is 0 Å². The SMILES string of the molecule is [K+].[K+].[O-]B([O-])C1(F)COC1(F)F. The zero-order valence-electron chi connectivity index (χ0n) is 6.64. The molecule has 1 aliphatic heterocycles. The topological polar surface area (TPSA) is 55.3 Å². The normalized spacial score (nSPS) is 30.8. The smallest absolute Gasteiger partial charge is 0.891 e. The monoisotopic (exact) mass is 232 g/mol. The fraction of sp³-hybridized carbons (Fsp3) is 1.00. The Morgan fingerprint density at radius 2 is 1.58 bits per heavy atom. The van der Waals surface area contributed by atoms with Gasteiger partial charge in [0.1, 0.15) is 0 Å². The van der Waals surface area contributed by atoms with Crippen molar-refractivity contribution >= 4 is 7.12 Å². The van der Waals surface area contributed by atoms with Crippen molar-refractivity contribution in [3.63, 3.8) is 0 Å². The van der Waals surface area contributed by atoms with Gasteiger partial charge in [-0.2, -0.15) is 8.78 Å². The number of alkyl halides is 3. The van der Waals surface area contributed by atoms with Crippen molar-refractivity contribution in [1.82, 2.24) is 0 Å². The molecular formula is C3H2BF3K2O3. The predicted octanol–water partition coefficient (Wildman–Crippen LogP) is -7.93. The van der Waals surface area contributed by atoms with E-state index in [2.05, 4.69) is 4.74 Å². The summed E-state index contributed by atoms with van der Waals surface area (Å²) < 4.78 is 39.4. The molecule has 0 bridgehead atoms. The Hall–Kier alpha value is 3.01. The molecule has 1 rings (SSSR count). The van der Waals surface area contributed by atoms with Gasteiger partial charge in [-0.05, 0) is 7.12 Å². The van der Waals surface area contributed by atoms with Crippen LogP contribution in [0, 0.1) is 0 Å². The van der Waals surface area contributed by atoms with Gasteiger partial charge in [-0.25, -0.2) is 4.39 Å². The molecule has 0 radical (unpaired) electrons. The Bertz CT molecular complexity index is 160. The van der Waals surface area contributed by atoms with Crippen molar-refractivity contribution < 1.29 is 131 Å². The molecule has 0 N–H and O–H groups in total. The first kappa shape index (κ1) is 17.4. The molecule has 0 saturated carbocycles. The van der Waals surface area contributed by atoms with Gasteiger partial charge < -0.3 is 14.8 Å². The molecule has 0 amide bonds. The first-order valence-corrected chi connectivity index (χ1v) is 2.42. The minimum Gasteiger partial charge on any atom is -0.891 e. The molecule has 1 unspecified atom stereocenters. The summed E-state index contributed by atoms with van der Waals surface area (Å²) in [6.45, 7) is -1.11. The van der Waals surface area contributed by atoms with Crippen LogP contribution >= 0.6 is 0 Å². The summed E-state index contributed by atoms with van der Waals surface area (Å²) in [6, 6.07) is 0. The van der Waals surface area contributed by atoms with Crippen LogP contribution in [0.2, 0.25) is 0 Å². The second-order valence-electron chi connectivity index (χ2n) is 2.00. The molecule has 12 heavy (non-hydrogen) atoms. The summed E-state index contributed by atoms with van der Waals surface area (Å²) in [5.41, 5.74) is -3.55. The van der Waals surface area contributed by atoms with Gasteiger partial charge in [-0.15, -0.1) is 0 Å². The molecule has 1 fully saturated rings. The van der Waals surface area contributed by atoms with E-state index in [1.54, 1.807) is 0 Å². The van der Waals surface area contributed by atoms with Gasteiger partial charge in [0.25, 0.3) is 0 Å². The van der Waals surface area contributed by atoms with E-state index in [0.717, 1.165) is 0 Å². The van der Waals surface area contributed by atoms with Crippen LogP contribution in [0.25, 0.3) is 0 Å². The number of halogens is 3. The van der Waals surface area contributed by atoms with Crippen molar-refractivity contribution in [2.24, 2.45) is 0 Å². The molecule has 58 valence electrons. The number of ether oxygens (including phenoxy) is 1. The Kier molecular flexibility index (Phi) is 8.59. The van der Waals surface area contributed by atoms with Crippen LogP contribution in [-0.2, 0) is 4.74 Å². The molecule has 9 heteroatoms. The number of hydrogen-bond acceptors (Lipinski definition) is 3. The molecule has 1 atom stereocenters. The summed E-state index contributed by atoms with van der Waals surface area (Å²) in [5, 5.41) is 19.5. The first-order valence-electron chi connectivity index (χ1n) is 2.42. The maximum Gasteiger partial charge on any atom is 1.00 e. The molecule has 1 aliphatic rings. The summed E-state index contributed by atoms with van der Waals surface area (Å²) in [4.78, 5) is 0. The Morgan fingerprint density at radius 3 is 1.58 bits per heavy atom. The van der Waals surface area contributed by atoms with Crippen LogP contribution < -0.4 is 113 Å². The second kappa shape index (κ2) is 5.92. The second-order valence-corrected chi connectivity index (χ2v) is 2.00. The van der Waals surface area contributed by atoms with Crippen molar-refractivity contribution in [1.29, 1.82) is 0 Å². The molecule has 1 saturated heterocycles. The Labute approximate surface area is 152 Å². The van der Waals surface area contributed by atoms with Crippen LogP contribution in [0.4, 0.5) is 13.2 Å². The van der Waals surface area contributed by atoms with Crippen LogP contribution in [0.1, 0.15) is 0 Å². The first-order chi connectivity index (χ1) is 4.40. The molecule has 0 aromatic rings. The third-order valence-electron chi connectivity index (χ3n) is 1.32. The summed E-state index contributed by atoms with van der Waals surface area (Å²) in [6.07, 6.45) is -4.19. The van der Waals surface area contributed by atoms with E-state index >= 15 is 0 Å². The largest absolute Gasteiger partial charge is 1.00 e. The van der Waals surface area contributed by atoms with Gasteiger partial charge in [-0.1, -0.05) is 0 Å². The van der Waals surface area contributed by atoms with Crippen molar-refractivity contribution in [2.75, 3.05) is 6.61 Å². The van der Waals surface area contributed by atoms with Crippen LogP contribution in [-0.4, -0.2) is 25.4 Å². The maximum atomic E-state index is 12.3. The van der Waals surface area contributed by atoms with E-state index in [9.17, 15) is 23.2 Å². The molecule has 0 aliphatic carbocycles. The van der Waals surface area contributed by atoms with Gasteiger partial charge in [0.05, 0.1) is 6.61 Å². The van der Waals surface area contributed by atoms with E-state index in [0.29, 0.717) is 0 Å². The van der Waals surface area contributed by atoms with Gasteiger partial charge in [0.2, 0.25) is 0 Å². The van der Waals surface area contributed by atoms with E-state index in [4.69, 9.17) is 0 Å². The van der Waals surface area contributed by atoms with Crippen molar-refractivity contribution in [2.45, 2.75) is 11.7 Å². The molecular weight excluding hydrogens is 230 g/mol. The van der Waals surface area contributed by atoms with E-state index in [1.165, 1.54) is 0 Å². The predicted molar refractivity (Wildman–Crippen MR) is 20.5 cm³/mol. The number of rotatable bonds is 1. The average molecular weight is 232 g/mol. The standard InChI is InChI=1S/C3H2BF3O3.2K/c5-2(4(8)9)1-10-3(2,6)7;;/h1H2;;/q-2;2*+1. The fourth-order valence-electron chi connectivity index (χ4n) is 0.524. The van der Waals surface area contributed by atoms with E-state index in [-0.39, 0.29) is 103 Å². The minimum absolute atomic E-state index is 0.